The van der Waals surface area contributed by atoms with Gasteiger partial charge in [0.2, 0.25) is 0 Å². The lowest BCUT2D eigenvalue weighted by atomic mass is 10.1. The second kappa shape index (κ2) is 9.66. The quantitative estimate of drug-likeness (QED) is 0.679. The molecule has 1 aliphatic heterocycles. The topological polar surface area (TPSA) is 45.8 Å². The molecule has 0 bridgehead atoms. The Kier molecular flexibility index (Phi) is 7.01. The van der Waals surface area contributed by atoms with Gasteiger partial charge < -0.3 is 28.7 Å². The summed E-state index contributed by atoms with van der Waals surface area (Å²) < 4.78 is 21.7. The maximum Gasteiger partial charge on any atom is 0.161 e. The van der Waals surface area contributed by atoms with Crippen LogP contribution in [0.15, 0.2) is 36.4 Å². The highest BCUT2D eigenvalue weighted by molar-refractivity contribution is 5.42. The maximum absolute atomic E-state index is 5.53. The first kappa shape index (κ1) is 20.3. The van der Waals surface area contributed by atoms with E-state index in [2.05, 4.69) is 18.2 Å². The van der Waals surface area contributed by atoms with Gasteiger partial charge in [0.1, 0.15) is 50.8 Å². The third-order valence-electron chi connectivity index (χ3n) is 5.49. The zero-order valence-electron chi connectivity index (χ0n) is 17.3. The van der Waals surface area contributed by atoms with E-state index in [9.17, 15) is 0 Å². The van der Waals surface area contributed by atoms with Crippen molar-refractivity contribution >= 4 is 0 Å². The molecule has 1 fully saturated rings. The number of hydrogen-bond acceptors (Lipinski definition) is 4. The zero-order valence-corrected chi connectivity index (χ0v) is 17.3. The Balaban J connectivity index is 1.56. The van der Waals surface area contributed by atoms with Gasteiger partial charge in [-0.25, -0.2) is 0 Å². The van der Waals surface area contributed by atoms with Crippen LogP contribution >= 0.6 is 0 Å². The fourth-order valence-electron chi connectivity index (χ4n) is 3.88. The van der Waals surface area contributed by atoms with Gasteiger partial charge in [-0.3, -0.25) is 0 Å². The van der Waals surface area contributed by atoms with Crippen LogP contribution in [0, 0.1) is 0 Å². The minimum absolute atomic E-state index is 0.780. The van der Waals surface area contributed by atoms with E-state index in [0.717, 1.165) is 62.3 Å². The maximum atomic E-state index is 5.53. The van der Waals surface area contributed by atoms with E-state index in [-0.39, 0.29) is 0 Å². The molecule has 2 aromatic rings. The zero-order chi connectivity index (χ0) is 19.9. The first-order valence-corrected chi connectivity index (χ1v) is 9.75. The number of quaternary nitrogens is 2. The molecule has 0 atom stereocenters. The SMILES string of the molecule is COc1ccc(OC)c(C[NH+]2CC[NH+](Cc3ccc(OC)c(OC)c3)CC2)c1. The van der Waals surface area contributed by atoms with Crippen LogP contribution in [0.2, 0.25) is 0 Å². The minimum Gasteiger partial charge on any atom is -0.497 e. The molecule has 0 unspecified atom stereocenters. The van der Waals surface area contributed by atoms with Crippen LogP contribution in [0.4, 0.5) is 0 Å². The van der Waals surface area contributed by atoms with Crippen LogP contribution in [0.25, 0.3) is 0 Å². The highest BCUT2D eigenvalue weighted by Gasteiger charge is 2.24. The van der Waals surface area contributed by atoms with E-state index in [1.165, 1.54) is 11.1 Å². The molecule has 0 radical (unpaired) electrons. The second-order valence-electron chi connectivity index (χ2n) is 7.22. The lowest BCUT2D eigenvalue weighted by Crippen LogP contribution is -3.27. The van der Waals surface area contributed by atoms with Crippen molar-refractivity contribution in [2.24, 2.45) is 0 Å². The van der Waals surface area contributed by atoms with E-state index in [4.69, 9.17) is 18.9 Å². The van der Waals surface area contributed by atoms with Crippen LogP contribution in [0.3, 0.4) is 0 Å². The standard InChI is InChI=1S/C22H30N2O4/c1-25-19-6-8-20(26-2)18(14-19)16-24-11-9-23(10-12-24)15-17-5-7-21(27-3)22(13-17)28-4/h5-8,13-14H,9-12,15-16H2,1-4H3/p+2. The van der Waals surface area contributed by atoms with Crippen molar-refractivity contribution in [1.82, 2.24) is 0 Å². The van der Waals surface area contributed by atoms with E-state index in [1.807, 2.05) is 18.2 Å². The average Bonchev–Trinajstić information content (AvgIpc) is 2.75. The first-order chi connectivity index (χ1) is 13.7. The molecule has 152 valence electrons. The third kappa shape index (κ3) is 4.88. The van der Waals surface area contributed by atoms with Gasteiger partial charge in [0.05, 0.1) is 34.0 Å². The molecular formula is C22H32N2O4+2. The summed E-state index contributed by atoms with van der Waals surface area (Å²) in [7, 11) is 6.78. The Bertz CT molecular complexity index is 773. The average molecular weight is 389 g/mol. The van der Waals surface area contributed by atoms with Crippen LogP contribution in [0.5, 0.6) is 23.0 Å². The normalized spacial score (nSPS) is 19.1. The van der Waals surface area contributed by atoms with Crippen LogP contribution in [0.1, 0.15) is 11.1 Å². The predicted molar refractivity (Wildman–Crippen MR) is 108 cm³/mol. The number of benzene rings is 2. The molecule has 1 aliphatic rings. The summed E-state index contributed by atoms with van der Waals surface area (Å²) in [5.74, 6) is 3.40. The summed E-state index contributed by atoms with van der Waals surface area (Å²) in [5.41, 5.74) is 2.49. The van der Waals surface area contributed by atoms with Crippen LogP contribution < -0.4 is 28.7 Å². The van der Waals surface area contributed by atoms with Gasteiger partial charge in [-0.1, -0.05) is 0 Å². The molecular weight excluding hydrogens is 356 g/mol. The molecule has 2 aromatic carbocycles. The fraction of sp³-hybridized carbons (Fsp3) is 0.455. The van der Waals surface area contributed by atoms with E-state index >= 15 is 0 Å². The molecule has 0 aromatic heterocycles. The van der Waals surface area contributed by atoms with Crippen molar-refractivity contribution in [3.63, 3.8) is 0 Å². The van der Waals surface area contributed by atoms with E-state index in [1.54, 1.807) is 38.2 Å². The highest BCUT2D eigenvalue weighted by atomic mass is 16.5. The molecule has 6 heteroatoms. The molecule has 0 aliphatic carbocycles. The lowest BCUT2D eigenvalue weighted by Gasteiger charge is -2.30. The van der Waals surface area contributed by atoms with Gasteiger partial charge in [-0.2, -0.15) is 0 Å². The summed E-state index contributed by atoms with van der Waals surface area (Å²) in [6.07, 6.45) is 0. The molecule has 28 heavy (non-hydrogen) atoms. The van der Waals surface area contributed by atoms with E-state index in [0.29, 0.717) is 0 Å². The third-order valence-corrected chi connectivity index (χ3v) is 5.49. The Morgan fingerprint density at radius 3 is 1.86 bits per heavy atom. The van der Waals surface area contributed by atoms with Gasteiger partial charge in [0.25, 0.3) is 0 Å². The van der Waals surface area contributed by atoms with Gasteiger partial charge in [0.15, 0.2) is 11.5 Å². The Hall–Kier alpha value is -2.44. The predicted octanol–water partition coefficient (Wildman–Crippen LogP) is 0.205. The Morgan fingerprint density at radius 2 is 1.25 bits per heavy atom. The molecule has 0 saturated carbocycles. The first-order valence-electron chi connectivity index (χ1n) is 9.75. The Morgan fingerprint density at radius 1 is 0.643 bits per heavy atom. The smallest absolute Gasteiger partial charge is 0.161 e. The number of nitrogens with one attached hydrogen (secondary N) is 2. The molecule has 3 rings (SSSR count). The molecule has 0 spiro atoms. The van der Waals surface area contributed by atoms with Crippen LogP contribution in [-0.4, -0.2) is 54.6 Å². The number of piperazine rings is 1. The van der Waals surface area contributed by atoms with Gasteiger partial charge in [-0.15, -0.1) is 0 Å². The summed E-state index contributed by atoms with van der Waals surface area (Å²) in [6, 6.07) is 12.2. The number of hydrogen-bond donors (Lipinski definition) is 2. The summed E-state index contributed by atoms with van der Waals surface area (Å²) in [4.78, 5) is 3.19. The van der Waals surface area contributed by atoms with Gasteiger partial charge >= 0.3 is 0 Å². The number of ether oxygens (including phenoxy) is 4. The summed E-state index contributed by atoms with van der Waals surface area (Å²) in [5, 5.41) is 0. The van der Waals surface area contributed by atoms with Crippen LogP contribution in [-0.2, 0) is 13.1 Å². The minimum atomic E-state index is 0.780. The van der Waals surface area contributed by atoms with Crippen molar-refractivity contribution in [2.75, 3.05) is 54.6 Å². The summed E-state index contributed by atoms with van der Waals surface area (Å²) >= 11 is 0. The van der Waals surface area contributed by atoms with Crippen molar-refractivity contribution in [3.8, 4) is 23.0 Å². The summed E-state index contributed by atoms with van der Waals surface area (Å²) in [6.45, 7) is 6.55. The number of methoxy groups -OCH3 is 4. The highest BCUT2D eigenvalue weighted by Crippen LogP contribution is 2.27. The second-order valence-corrected chi connectivity index (χ2v) is 7.22. The lowest BCUT2D eigenvalue weighted by molar-refractivity contribution is -1.02. The molecule has 6 nitrogen and oxygen atoms in total. The largest absolute Gasteiger partial charge is 0.497 e. The molecule has 0 amide bonds. The van der Waals surface area contributed by atoms with Crippen molar-refractivity contribution in [2.45, 2.75) is 13.1 Å². The van der Waals surface area contributed by atoms with Crippen molar-refractivity contribution < 1.29 is 28.7 Å². The van der Waals surface area contributed by atoms with Gasteiger partial charge in [-0.05, 0) is 36.4 Å². The molecule has 1 heterocycles. The van der Waals surface area contributed by atoms with Gasteiger partial charge in [0, 0.05) is 5.56 Å². The van der Waals surface area contributed by atoms with Crippen molar-refractivity contribution in [3.05, 3.63) is 47.5 Å². The van der Waals surface area contributed by atoms with E-state index < -0.39 is 0 Å². The fourth-order valence-corrected chi connectivity index (χ4v) is 3.88. The monoisotopic (exact) mass is 388 g/mol. The Labute approximate surface area is 167 Å². The molecule has 2 N–H and O–H groups in total. The number of rotatable bonds is 8. The molecule has 1 saturated heterocycles. The van der Waals surface area contributed by atoms with Crippen molar-refractivity contribution in [1.29, 1.82) is 0 Å².